The monoisotopic (exact) mass is 247 g/mol. The maximum atomic E-state index is 10.9. The number of aromatic nitrogens is 3. The van der Waals surface area contributed by atoms with Gasteiger partial charge in [-0.1, -0.05) is 0 Å². The van der Waals surface area contributed by atoms with Crippen LogP contribution >= 0.6 is 0 Å². The normalized spacial score (nSPS) is 10.3. The Bertz CT molecular complexity index is 551. The van der Waals surface area contributed by atoms with Crippen molar-refractivity contribution in [1.82, 2.24) is 14.8 Å². The lowest BCUT2D eigenvalue weighted by atomic mass is 10.3. The number of aryl methyl sites for hydroxylation is 1. The molecule has 0 saturated carbocycles. The molecule has 0 saturated heterocycles. The van der Waals surface area contributed by atoms with Gasteiger partial charge in [-0.05, 0) is 18.2 Å². The van der Waals surface area contributed by atoms with Crippen LogP contribution in [-0.4, -0.2) is 32.4 Å². The van der Waals surface area contributed by atoms with Gasteiger partial charge < -0.3 is 9.84 Å². The van der Waals surface area contributed by atoms with E-state index in [-0.39, 0.29) is 11.4 Å². The standard InChI is InChI=1S/C12H13N3O3/c1-15-9(4-7-14-15)5-8-18-10-3-2-6-13-11(10)12(16)17/h2-4,6-7H,5,8H2,1H3,(H,16,17). The average molecular weight is 247 g/mol. The van der Waals surface area contributed by atoms with Gasteiger partial charge in [0.1, 0.15) is 0 Å². The van der Waals surface area contributed by atoms with Gasteiger partial charge in [-0.25, -0.2) is 9.78 Å². The summed E-state index contributed by atoms with van der Waals surface area (Å²) in [5.74, 6) is -0.807. The van der Waals surface area contributed by atoms with Crippen molar-refractivity contribution in [2.45, 2.75) is 6.42 Å². The van der Waals surface area contributed by atoms with Gasteiger partial charge in [0, 0.05) is 31.6 Å². The van der Waals surface area contributed by atoms with Crippen LogP contribution in [0.2, 0.25) is 0 Å². The maximum absolute atomic E-state index is 10.9. The Morgan fingerprint density at radius 1 is 1.44 bits per heavy atom. The van der Waals surface area contributed by atoms with E-state index in [0.717, 1.165) is 5.69 Å². The predicted octanol–water partition coefficient (Wildman–Crippen LogP) is 1.13. The number of nitrogens with zero attached hydrogens (tertiary/aromatic N) is 3. The summed E-state index contributed by atoms with van der Waals surface area (Å²) in [6, 6.07) is 5.14. The molecule has 0 radical (unpaired) electrons. The number of ether oxygens (including phenoxy) is 1. The molecule has 2 heterocycles. The van der Waals surface area contributed by atoms with Crippen LogP contribution in [0, 0.1) is 0 Å². The fraction of sp³-hybridized carbons (Fsp3) is 0.250. The molecule has 94 valence electrons. The van der Waals surface area contributed by atoms with Crippen LogP contribution in [0.3, 0.4) is 0 Å². The second-order valence-corrected chi connectivity index (χ2v) is 3.70. The summed E-state index contributed by atoms with van der Waals surface area (Å²) >= 11 is 0. The van der Waals surface area contributed by atoms with Crippen LogP contribution < -0.4 is 4.74 Å². The number of aromatic carboxylic acids is 1. The largest absolute Gasteiger partial charge is 0.491 e. The molecular weight excluding hydrogens is 234 g/mol. The first-order valence-corrected chi connectivity index (χ1v) is 5.46. The summed E-state index contributed by atoms with van der Waals surface area (Å²) < 4.78 is 7.20. The van der Waals surface area contributed by atoms with Gasteiger partial charge in [0.15, 0.2) is 11.4 Å². The Morgan fingerprint density at radius 3 is 2.94 bits per heavy atom. The zero-order valence-electron chi connectivity index (χ0n) is 9.91. The summed E-state index contributed by atoms with van der Waals surface area (Å²) in [6.07, 6.45) is 3.80. The fourth-order valence-electron chi connectivity index (χ4n) is 1.58. The first kappa shape index (κ1) is 12.1. The molecule has 0 amide bonds. The highest BCUT2D eigenvalue weighted by Gasteiger charge is 2.12. The highest BCUT2D eigenvalue weighted by molar-refractivity contribution is 5.88. The molecule has 0 unspecified atom stereocenters. The fourth-order valence-corrected chi connectivity index (χ4v) is 1.58. The van der Waals surface area contributed by atoms with Crippen molar-refractivity contribution in [3.63, 3.8) is 0 Å². The van der Waals surface area contributed by atoms with Gasteiger partial charge in [0.2, 0.25) is 0 Å². The number of carbonyl (C=O) groups is 1. The van der Waals surface area contributed by atoms with Crippen LogP contribution in [-0.2, 0) is 13.5 Å². The van der Waals surface area contributed by atoms with E-state index < -0.39 is 5.97 Å². The van der Waals surface area contributed by atoms with Gasteiger partial charge >= 0.3 is 5.97 Å². The topological polar surface area (TPSA) is 77.2 Å². The van der Waals surface area contributed by atoms with Crippen molar-refractivity contribution in [1.29, 1.82) is 0 Å². The number of hydrogen-bond acceptors (Lipinski definition) is 4. The number of carboxylic acid groups (broad SMARTS) is 1. The average Bonchev–Trinajstić information content (AvgIpc) is 2.76. The van der Waals surface area contributed by atoms with Crippen molar-refractivity contribution >= 4 is 5.97 Å². The van der Waals surface area contributed by atoms with Crippen molar-refractivity contribution in [2.24, 2.45) is 7.05 Å². The van der Waals surface area contributed by atoms with E-state index >= 15 is 0 Å². The van der Waals surface area contributed by atoms with Crippen LogP contribution in [0.15, 0.2) is 30.6 Å². The molecule has 2 rings (SSSR count). The number of hydrogen-bond donors (Lipinski definition) is 1. The Labute approximate surface area is 104 Å². The van der Waals surface area contributed by atoms with Crippen LogP contribution in [0.4, 0.5) is 0 Å². The van der Waals surface area contributed by atoms with E-state index in [9.17, 15) is 4.79 Å². The van der Waals surface area contributed by atoms with Gasteiger partial charge in [0.05, 0.1) is 6.61 Å². The molecule has 0 aliphatic heterocycles. The van der Waals surface area contributed by atoms with Crippen molar-refractivity contribution in [2.75, 3.05) is 6.61 Å². The van der Waals surface area contributed by atoms with Crippen molar-refractivity contribution in [3.8, 4) is 5.75 Å². The van der Waals surface area contributed by atoms with E-state index in [2.05, 4.69) is 10.1 Å². The quantitative estimate of drug-likeness (QED) is 0.857. The molecule has 0 atom stereocenters. The first-order chi connectivity index (χ1) is 8.68. The van der Waals surface area contributed by atoms with Crippen molar-refractivity contribution < 1.29 is 14.6 Å². The molecule has 1 N–H and O–H groups in total. The molecule has 0 aliphatic carbocycles. The Hall–Kier alpha value is -2.37. The third-order valence-corrected chi connectivity index (χ3v) is 2.51. The molecule has 2 aromatic rings. The van der Waals surface area contributed by atoms with Crippen LogP contribution in [0.5, 0.6) is 5.75 Å². The third kappa shape index (κ3) is 2.65. The summed E-state index contributed by atoms with van der Waals surface area (Å²) in [5, 5.41) is 13.0. The second-order valence-electron chi connectivity index (χ2n) is 3.70. The summed E-state index contributed by atoms with van der Waals surface area (Å²) in [4.78, 5) is 14.7. The smallest absolute Gasteiger partial charge is 0.358 e. The zero-order valence-corrected chi connectivity index (χ0v) is 9.91. The molecular formula is C12H13N3O3. The highest BCUT2D eigenvalue weighted by atomic mass is 16.5. The summed E-state index contributed by atoms with van der Waals surface area (Å²) in [7, 11) is 1.85. The minimum atomic E-state index is -1.09. The molecule has 18 heavy (non-hydrogen) atoms. The van der Waals surface area contributed by atoms with E-state index in [0.29, 0.717) is 13.0 Å². The van der Waals surface area contributed by atoms with Gasteiger partial charge in [-0.15, -0.1) is 0 Å². The minimum absolute atomic E-state index is 0.0671. The molecule has 6 heteroatoms. The lowest BCUT2D eigenvalue weighted by Gasteiger charge is -2.08. The highest BCUT2D eigenvalue weighted by Crippen LogP contribution is 2.15. The molecule has 0 bridgehead atoms. The van der Waals surface area contributed by atoms with E-state index in [1.54, 1.807) is 23.0 Å². The first-order valence-electron chi connectivity index (χ1n) is 5.46. The summed E-state index contributed by atoms with van der Waals surface area (Å²) in [6.45, 7) is 0.380. The predicted molar refractivity (Wildman–Crippen MR) is 63.6 cm³/mol. The van der Waals surface area contributed by atoms with Crippen molar-refractivity contribution in [3.05, 3.63) is 42.0 Å². The molecule has 0 spiro atoms. The minimum Gasteiger partial charge on any atom is -0.491 e. The van der Waals surface area contributed by atoms with E-state index in [1.807, 2.05) is 13.1 Å². The van der Waals surface area contributed by atoms with E-state index in [4.69, 9.17) is 9.84 Å². The number of pyridine rings is 1. The van der Waals surface area contributed by atoms with Gasteiger partial charge in [-0.3, -0.25) is 4.68 Å². The van der Waals surface area contributed by atoms with Gasteiger partial charge in [0.25, 0.3) is 0 Å². The molecule has 2 aromatic heterocycles. The second kappa shape index (κ2) is 5.31. The Kier molecular flexibility index (Phi) is 3.57. The lowest BCUT2D eigenvalue weighted by molar-refractivity contribution is 0.0685. The zero-order chi connectivity index (χ0) is 13.0. The Balaban J connectivity index is 1.99. The summed E-state index contributed by atoms with van der Waals surface area (Å²) in [5.41, 5.74) is 0.957. The number of carboxylic acids is 1. The molecule has 0 fully saturated rings. The molecule has 0 aromatic carbocycles. The lowest BCUT2D eigenvalue weighted by Crippen LogP contribution is -2.09. The van der Waals surface area contributed by atoms with Gasteiger partial charge in [-0.2, -0.15) is 5.10 Å². The SMILES string of the molecule is Cn1nccc1CCOc1cccnc1C(=O)O. The van der Waals surface area contributed by atoms with Crippen LogP contribution in [0.25, 0.3) is 0 Å². The Morgan fingerprint density at radius 2 is 2.28 bits per heavy atom. The number of rotatable bonds is 5. The molecule has 6 nitrogen and oxygen atoms in total. The maximum Gasteiger partial charge on any atom is 0.358 e. The van der Waals surface area contributed by atoms with E-state index in [1.165, 1.54) is 6.20 Å². The molecule has 0 aliphatic rings. The third-order valence-electron chi connectivity index (χ3n) is 2.51. The van der Waals surface area contributed by atoms with Crippen LogP contribution in [0.1, 0.15) is 16.2 Å².